The first-order chi connectivity index (χ1) is 4.42. The molecule has 0 saturated heterocycles. The van der Waals surface area contributed by atoms with E-state index in [-0.39, 0.29) is 35.3 Å². The molecule has 0 amide bonds. The van der Waals surface area contributed by atoms with Crippen molar-refractivity contribution < 1.29 is 42.5 Å². The van der Waals surface area contributed by atoms with E-state index in [4.69, 9.17) is 0 Å². The van der Waals surface area contributed by atoms with Gasteiger partial charge in [-0.3, -0.25) is 0 Å². The van der Waals surface area contributed by atoms with Crippen LogP contribution in [0.15, 0.2) is 0 Å². The zero-order valence-corrected chi connectivity index (χ0v) is 11.3. The summed E-state index contributed by atoms with van der Waals surface area (Å²) in [6, 6.07) is 0.946. The molecule has 0 N–H and O–H groups in total. The van der Waals surface area contributed by atoms with Crippen molar-refractivity contribution in [1.29, 1.82) is 0 Å². The van der Waals surface area contributed by atoms with Crippen molar-refractivity contribution in [2.24, 2.45) is 0 Å². The van der Waals surface area contributed by atoms with Crippen molar-refractivity contribution in [3.05, 3.63) is 0 Å². The fourth-order valence-electron chi connectivity index (χ4n) is 0.668. The average molecular weight is 204 g/mol. The van der Waals surface area contributed by atoms with Gasteiger partial charge in [-0.25, -0.2) is 8.42 Å². The SMILES string of the molecule is C[SiH](C)CCCS(=O)(=O)[O-].[Na+]. The molecule has 0 unspecified atom stereocenters. The first-order valence-electron chi connectivity index (χ1n) is 3.35. The second-order valence-corrected chi connectivity index (χ2v) is 7.69. The number of hydrogen-bond acceptors (Lipinski definition) is 3. The normalized spacial score (nSPS) is 11.3. The van der Waals surface area contributed by atoms with Crippen LogP contribution in [-0.4, -0.2) is 27.5 Å². The van der Waals surface area contributed by atoms with Gasteiger partial charge in [-0.15, -0.1) is 0 Å². The third-order valence-corrected chi connectivity index (χ3v) is 3.53. The molecule has 0 fully saturated rings. The monoisotopic (exact) mass is 204 g/mol. The quantitative estimate of drug-likeness (QED) is 0.373. The van der Waals surface area contributed by atoms with Crippen LogP contribution in [0.25, 0.3) is 0 Å². The van der Waals surface area contributed by atoms with Crippen molar-refractivity contribution in [3.8, 4) is 0 Å². The van der Waals surface area contributed by atoms with E-state index in [2.05, 4.69) is 13.1 Å². The topological polar surface area (TPSA) is 57.2 Å². The predicted octanol–water partition coefficient (Wildman–Crippen LogP) is -2.59. The second-order valence-electron chi connectivity index (χ2n) is 2.80. The molecule has 0 heterocycles. The zero-order chi connectivity index (χ0) is 8.20. The van der Waals surface area contributed by atoms with E-state index in [1.54, 1.807) is 0 Å². The third kappa shape index (κ3) is 14.0. The summed E-state index contributed by atoms with van der Waals surface area (Å²) in [5, 5.41) is 0. The average Bonchev–Trinajstić information content (AvgIpc) is 1.59. The molecule has 6 heteroatoms. The molecule has 0 atom stereocenters. The Hall–Kier alpha value is 1.13. The van der Waals surface area contributed by atoms with Crippen LogP contribution in [0.2, 0.25) is 19.1 Å². The Kier molecular flexibility index (Phi) is 8.81. The van der Waals surface area contributed by atoms with Gasteiger partial charge in [0.1, 0.15) is 0 Å². The number of hydrogen-bond donors (Lipinski definition) is 0. The molecule has 0 bridgehead atoms. The van der Waals surface area contributed by atoms with E-state index >= 15 is 0 Å². The Labute approximate surface area is 92.2 Å². The van der Waals surface area contributed by atoms with Crippen molar-refractivity contribution in [2.75, 3.05) is 5.75 Å². The van der Waals surface area contributed by atoms with E-state index in [0.29, 0.717) is 6.42 Å². The Balaban J connectivity index is 0. The van der Waals surface area contributed by atoms with Crippen molar-refractivity contribution in [3.63, 3.8) is 0 Å². The van der Waals surface area contributed by atoms with E-state index in [1.165, 1.54) is 0 Å². The van der Waals surface area contributed by atoms with Gasteiger partial charge < -0.3 is 4.55 Å². The maximum atomic E-state index is 10.1. The summed E-state index contributed by atoms with van der Waals surface area (Å²) in [5.41, 5.74) is 0. The van der Waals surface area contributed by atoms with Crippen LogP contribution in [-0.2, 0) is 10.1 Å². The number of rotatable bonds is 4. The van der Waals surface area contributed by atoms with Gasteiger partial charge in [0.05, 0.1) is 10.1 Å². The van der Waals surface area contributed by atoms with Crippen LogP contribution in [0.4, 0.5) is 0 Å². The molecule has 3 nitrogen and oxygen atoms in total. The minimum atomic E-state index is -3.95. The van der Waals surface area contributed by atoms with E-state index in [0.717, 1.165) is 6.04 Å². The summed E-state index contributed by atoms with van der Waals surface area (Å²) in [5.74, 6) is -0.182. The fraction of sp³-hybridized carbons (Fsp3) is 1.00. The van der Waals surface area contributed by atoms with Crippen LogP contribution >= 0.6 is 0 Å². The smallest absolute Gasteiger partial charge is 0.748 e. The first-order valence-corrected chi connectivity index (χ1v) is 8.05. The maximum absolute atomic E-state index is 10.1. The molecular formula is C5H13NaO3SSi. The summed E-state index contributed by atoms with van der Waals surface area (Å²) >= 11 is 0. The molecule has 0 radical (unpaired) electrons. The minimum Gasteiger partial charge on any atom is -0.748 e. The van der Waals surface area contributed by atoms with Crippen LogP contribution in [0.5, 0.6) is 0 Å². The van der Waals surface area contributed by atoms with Crippen LogP contribution in [0.1, 0.15) is 6.42 Å². The Morgan fingerprint density at radius 1 is 1.36 bits per heavy atom. The molecule has 0 spiro atoms. The van der Waals surface area contributed by atoms with Crippen molar-refractivity contribution >= 4 is 18.9 Å². The zero-order valence-electron chi connectivity index (χ0n) is 7.33. The van der Waals surface area contributed by atoms with Gasteiger partial charge in [-0.05, 0) is 6.42 Å². The summed E-state index contributed by atoms with van der Waals surface area (Å²) in [7, 11) is -4.61. The molecule has 0 aliphatic heterocycles. The fourth-order valence-corrected chi connectivity index (χ4v) is 2.51. The van der Waals surface area contributed by atoms with E-state index < -0.39 is 18.9 Å². The molecule has 62 valence electrons. The van der Waals surface area contributed by atoms with Crippen LogP contribution in [0.3, 0.4) is 0 Å². The van der Waals surface area contributed by atoms with Gasteiger partial charge in [0.15, 0.2) is 0 Å². The molecule has 0 aromatic carbocycles. The minimum absolute atomic E-state index is 0. The predicted molar refractivity (Wildman–Crippen MR) is 42.9 cm³/mol. The molecule has 0 aliphatic rings. The van der Waals surface area contributed by atoms with Gasteiger partial charge in [0, 0.05) is 14.5 Å². The molecule has 0 saturated carbocycles. The van der Waals surface area contributed by atoms with Gasteiger partial charge >= 0.3 is 29.6 Å². The van der Waals surface area contributed by atoms with Crippen LogP contribution in [0, 0.1) is 0 Å². The van der Waals surface area contributed by atoms with Crippen LogP contribution < -0.4 is 29.6 Å². The van der Waals surface area contributed by atoms with Gasteiger partial charge in [0.25, 0.3) is 0 Å². The summed E-state index contributed by atoms with van der Waals surface area (Å²) < 4.78 is 30.2. The third-order valence-electron chi connectivity index (χ3n) is 1.18. The molecule has 11 heavy (non-hydrogen) atoms. The Bertz CT molecular complexity index is 178. The second kappa shape index (κ2) is 6.62. The van der Waals surface area contributed by atoms with Gasteiger partial charge in [-0.1, -0.05) is 19.1 Å². The molecular weight excluding hydrogens is 191 g/mol. The molecule has 0 aliphatic carbocycles. The van der Waals surface area contributed by atoms with Crippen molar-refractivity contribution in [1.82, 2.24) is 0 Å². The van der Waals surface area contributed by atoms with Crippen molar-refractivity contribution in [2.45, 2.75) is 25.6 Å². The summed E-state index contributed by atoms with van der Waals surface area (Å²) in [6.07, 6.45) is 0.551. The molecule has 0 rings (SSSR count). The molecule has 0 aromatic rings. The summed E-state index contributed by atoms with van der Waals surface area (Å²) in [6.45, 7) is 4.27. The summed E-state index contributed by atoms with van der Waals surface area (Å²) in [4.78, 5) is 0. The largest absolute Gasteiger partial charge is 1.00 e. The Morgan fingerprint density at radius 3 is 2.09 bits per heavy atom. The molecule has 0 aromatic heterocycles. The van der Waals surface area contributed by atoms with Gasteiger partial charge in [-0.2, -0.15) is 0 Å². The standard InChI is InChI=1S/C5H14O3SSi.Na/c1-10(2)5-3-4-9(6,7)8;/h10H,3-5H2,1-2H3,(H,6,7,8);/q;+1/p-1. The van der Waals surface area contributed by atoms with Gasteiger partial charge in [0.2, 0.25) is 0 Å². The Morgan fingerprint density at radius 2 is 1.82 bits per heavy atom. The van der Waals surface area contributed by atoms with E-state index in [1.807, 2.05) is 0 Å². The van der Waals surface area contributed by atoms with E-state index in [9.17, 15) is 13.0 Å². The first kappa shape index (κ1) is 14.6. The maximum Gasteiger partial charge on any atom is 1.00 e.